The number of carboxylic acid groups (broad SMARTS) is 1. The Morgan fingerprint density at radius 2 is 1.58 bits per heavy atom. The Morgan fingerprint density at radius 1 is 1.33 bits per heavy atom. The molecule has 0 aromatic carbocycles. The fourth-order valence-electron chi connectivity index (χ4n) is 0.750. The maximum atomic E-state index is 9.25. The number of carbonyl (C=O) groups is 1. The molecule has 12 heavy (non-hydrogen) atoms. The van der Waals surface area contributed by atoms with Gasteiger partial charge in [0.2, 0.25) is 0 Å². The van der Waals surface area contributed by atoms with E-state index < -0.39 is 25.7 Å². The molecule has 0 saturated carbocycles. The summed E-state index contributed by atoms with van der Waals surface area (Å²) >= 11 is -0.653. The van der Waals surface area contributed by atoms with Crippen molar-refractivity contribution in [3.63, 3.8) is 0 Å². The van der Waals surface area contributed by atoms with Gasteiger partial charge in [-0.15, -0.1) is 0 Å². The summed E-state index contributed by atoms with van der Waals surface area (Å²) in [6, 6.07) is 0. The van der Waals surface area contributed by atoms with Gasteiger partial charge in [-0.1, -0.05) is 6.58 Å². The fourth-order valence-corrected chi connectivity index (χ4v) is 5.03. The molecule has 0 aliphatic heterocycles. The number of hydrogen-bond donors (Lipinski definition) is 1. The van der Waals surface area contributed by atoms with E-state index >= 15 is 0 Å². The van der Waals surface area contributed by atoms with Gasteiger partial charge in [-0.3, -0.25) is 0 Å². The Labute approximate surface area is 82.4 Å². The molecule has 0 aliphatic carbocycles. The second kappa shape index (κ2) is 11.0. The first-order chi connectivity index (χ1) is 5.62. The van der Waals surface area contributed by atoms with Gasteiger partial charge in [-0.25, -0.2) is 4.79 Å². The fraction of sp³-hybridized carbons (Fsp3) is 0.667. The molecule has 0 bridgehead atoms. The third-order valence-corrected chi connectivity index (χ3v) is 10.2. The van der Waals surface area contributed by atoms with Crippen LogP contribution in [0, 0.1) is 0 Å². The summed E-state index contributed by atoms with van der Waals surface area (Å²) in [5.41, 5.74) is 0. The molecule has 0 amide bonds. The molecule has 0 unspecified atom stereocenters. The minimum atomic E-state index is -0.981. The summed E-state index contributed by atoms with van der Waals surface area (Å²) in [4.78, 5) is 9.25. The second-order valence-electron chi connectivity index (χ2n) is 2.35. The van der Waals surface area contributed by atoms with E-state index in [2.05, 4.69) is 27.4 Å². The Balaban J connectivity index is 0. The monoisotopic (exact) mass is 279 g/mol. The molecule has 0 rings (SSSR count). The van der Waals surface area contributed by atoms with Crippen LogP contribution in [0.4, 0.5) is 0 Å². The van der Waals surface area contributed by atoms with E-state index in [1.54, 1.807) is 13.3 Å². The molecule has 0 aliphatic rings. The molecule has 0 aromatic heterocycles. The summed E-state index contributed by atoms with van der Waals surface area (Å²) in [6.45, 7) is 10.0. The molecule has 0 spiro atoms. The van der Waals surface area contributed by atoms with E-state index in [0.29, 0.717) is 0 Å². The first-order valence-corrected chi connectivity index (χ1v) is 10.4. The van der Waals surface area contributed by atoms with Gasteiger partial charge in [0.05, 0.1) is 0 Å². The van der Waals surface area contributed by atoms with Crippen LogP contribution >= 0.6 is 0 Å². The van der Waals surface area contributed by atoms with E-state index in [4.69, 9.17) is 5.11 Å². The summed E-state index contributed by atoms with van der Waals surface area (Å²) < 4.78 is 4.65. The second-order valence-corrected chi connectivity index (χ2v) is 12.7. The molecule has 2 nitrogen and oxygen atoms in total. The molecule has 3 heteroatoms. The van der Waals surface area contributed by atoms with Gasteiger partial charge < -0.3 is 5.11 Å². The predicted octanol–water partition coefficient (Wildman–Crippen LogP) is 2.80. The zero-order chi connectivity index (χ0) is 9.98. The molecular weight excluding hydrogens is 259 g/mol. The van der Waals surface area contributed by atoms with Crippen LogP contribution in [0.15, 0.2) is 12.7 Å². The Hall–Kier alpha value is 0.00870. The van der Waals surface area contributed by atoms with E-state index in [0.717, 1.165) is 6.08 Å². The van der Waals surface area contributed by atoms with E-state index in [9.17, 15) is 4.79 Å². The SMILES string of the molecule is C=CC(=O)O.C[CH2][Sn]([CH2]C)[CH2]C. The minimum absolute atomic E-state index is 0.653. The number of rotatable bonds is 4. The predicted molar refractivity (Wildman–Crippen MR) is 55.0 cm³/mol. The van der Waals surface area contributed by atoms with Crippen LogP contribution in [0.1, 0.15) is 20.8 Å². The molecule has 0 saturated heterocycles. The van der Waals surface area contributed by atoms with Crippen molar-refractivity contribution in [1.82, 2.24) is 0 Å². The zero-order valence-electron chi connectivity index (χ0n) is 8.26. The zero-order valence-corrected chi connectivity index (χ0v) is 11.1. The average Bonchev–Trinajstić information content (AvgIpc) is 2.09. The van der Waals surface area contributed by atoms with Crippen LogP contribution in [0.25, 0.3) is 0 Å². The number of carboxylic acids is 1. The van der Waals surface area contributed by atoms with E-state index in [1.165, 1.54) is 0 Å². The molecule has 0 atom stereocenters. The van der Waals surface area contributed by atoms with Crippen molar-refractivity contribution >= 4 is 25.7 Å². The molecule has 71 valence electrons. The quantitative estimate of drug-likeness (QED) is 0.634. The third-order valence-electron chi connectivity index (χ3n) is 1.67. The number of hydrogen-bond acceptors (Lipinski definition) is 1. The molecule has 0 aromatic rings. The van der Waals surface area contributed by atoms with Crippen molar-refractivity contribution in [1.29, 1.82) is 0 Å². The van der Waals surface area contributed by atoms with Crippen LogP contribution in [-0.4, -0.2) is 30.8 Å². The van der Waals surface area contributed by atoms with Gasteiger partial charge in [0.25, 0.3) is 0 Å². The van der Waals surface area contributed by atoms with Gasteiger partial charge >= 0.3 is 59.8 Å². The summed E-state index contributed by atoms with van der Waals surface area (Å²) in [7, 11) is 0. The average molecular weight is 278 g/mol. The molecule has 1 N–H and O–H groups in total. The van der Waals surface area contributed by atoms with E-state index in [1.807, 2.05) is 0 Å². The summed E-state index contributed by atoms with van der Waals surface area (Å²) in [5.74, 6) is -0.981. The van der Waals surface area contributed by atoms with Crippen LogP contribution in [0.5, 0.6) is 0 Å². The van der Waals surface area contributed by atoms with Crippen molar-refractivity contribution in [2.45, 2.75) is 34.1 Å². The first kappa shape index (κ1) is 14.5. The summed E-state index contributed by atoms with van der Waals surface area (Å²) in [6.07, 6.45) is 0.833. The standard InChI is InChI=1S/C3H4O2.3C2H5.Sn/c1-2-3(4)5;3*1-2;/h2H,1H2,(H,4,5);3*1H2,2H3;. The van der Waals surface area contributed by atoms with Gasteiger partial charge in [0, 0.05) is 6.08 Å². The molecule has 1 radical (unpaired) electrons. The van der Waals surface area contributed by atoms with Crippen molar-refractivity contribution in [3.8, 4) is 0 Å². The topological polar surface area (TPSA) is 37.3 Å². The van der Waals surface area contributed by atoms with Gasteiger partial charge in [0.15, 0.2) is 0 Å². The Morgan fingerprint density at radius 3 is 1.58 bits per heavy atom. The Bertz CT molecular complexity index is 114. The van der Waals surface area contributed by atoms with Gasteiger partial charge in [0.1, 0.15) is 0 Å². The normalized spacial score (nSPS) is 8.67. The van der Waals surface area contributed by atoms with Crippen LogP contribution < -0.4 is 0 Å². The van der Waals surface area contributed by atoms with Crippen LogP contribution in [-0.2, 0) is 4.79 Å². The molecule has 0 fully saturated rings. The van der Waals surface area contributed by atoms with Crippen LogP contribution in [0.2, 0.25) is 13.3 Å². The molecule has 0 heterocycles. The number of aliphatic carboxylic acids is 1. The van der Waals surface area contributed by atoms with E-state index in [-0.39, 0.29) is 0 Å². The van der Waals surface area contributed by atoms with Crippen molar-refractivity contribution < 1.29 is 9.90 Å². The van der Waals surface area contributed by atoms with Crippen molar-refractivity contribution in [2.75, 3.05) is 0 Å². The first-order valence-electron chi connectivity index (χ1n) is 4.31. The summed E-state index contributed by atoms with van der Waals surface area (Å²) in [5, 5.41) is 7.60. The van der Waals surface area contributed by atoms with Crippen molar-refractivity contribution in [2.24, 2.45) is 0 Å². The van der Waals surface area contributed by atoms with Crippen LogP contribution in [0.3, 0.4) is 0 Å². The van der Waals surface area contributed by atoms with Gasteiger partial charge in [-0.05, 0) is 0 Å². The van der Waals surface area contributed by atoms with Crippen molar-refractivity contribution in [3.05, 3.63) is 12.7 Å². The third kappa shape index (κ3) is 12.7. The maximum absolute atomic E-state index is 9.25. The molecular formula is C9H19O2Sn. The van der Waals surface area contributed by atoms with Gasteiger partial charge in [-0.2, -0.15) is 0 Å². The Kier molecular flexibility index (Phi) is 13.3.